The van der Waals surface area contributed by atoms with Gasteiger partial charge in [0.2, 0.25) is 5.91 Å². The SMILES string of the molecule is CC(NC(=O)c1ccc(C(N)=O)cc1)c1cccc(OC(F)F)c1. The van der Waals surface area contributed by atoms with Crippen molar-refractivity contribution in [1.29, 1.82) is 0 Å². The van der Waals surface area contributed by atoms with Gasteiger partial charge in [0.15, 0.2) is 0 Å². The van der Waals surface area contributed by atoms with Gasteiger partial charge in [-0.05, 0) is 48.9 Å². The zero-order chi connectivity index (χ0) is 17.7. The molecule has 1 atom stereocenters. The standard InChI is InChI=1S/C17H16F2N2O3/c1-10(13-3-2-4-14(9-13)24-17(18)19)21-16(23)12-7-5-11(6-8-12)15(20)22/h2-10,17H,1H3,(H2,20,22)(H,21,23). The van der Waals surface area contributed by atoms with E-state index in [4.69, 9.17) is 5.73 Å². The lowest BCUT2D eigenvalue weighted by Crippen LogP contribution is -2.26. The first-order valence-corrected chi connectivity index (χ1v) is 7.12. The number of nitrogens with two attached hydrogens (primary N) is 1. The summed E-state index contributed by atoms with van der Waals surface area (Å²) >= 11 is 0. The molecule has 0 bridgehead atoms. The molecule has 1 unspecified atom stereocenters. The highest BCUT2D eigenvalue weighted by molar-refractivity contribution is 5.97. The van der Waals surface area contributed by atoms with Crippen molar-refractivity contribution in [3.8, 4) is 5.75 Å². The molecule has 0 aliphatic rings. The lowest BCUT2D eigenvalue weighted by Gasteiger charge is -2.15. The highest BCUT2D eigenvalue weighted by atomic mass is 19.3. The zero-order valence-electron chi connectivity index (χ0n) is 12.8. The molecule has 0 heterocycles. The van der Waals surface area contributed by atoms with Crippen LogP contribution in [0.15, 0.2) is 48.5 Å². The van der Waals surface area contributed by atoms with Crippen molar-refractivity contribution in [2.75, 3.05) is 0 Å². The van der Waals surface area contributed by atoms with Crippen LogP contribution in [-0.2, 0) is 0 Å². The lowest BCUT2D eigenvalue weighted by atomic mass is 10.1. The Balaban J connectivity index is 2.07. The van der Waals surface area contributed by atoms with Crippen molar-refractivity contribution in [3.05, 3.63) is 65.2 Å². The van der Waals surface area contributed by atoms with Crippen LogP contribution in [0.2, 0.25) is 0 Å². The van der Waals surface area contributed by atoms with Gasteiger partial charge in [-0.3, -0.25) is 9.59 Å². The molecule has 5 nitrogen and oxygen atoms in total. The molecule has 2 aromatic rings. The number of carbonyl (C=O) groups is 2. The number of hydrogen-bond donors (Lipinski definition) is 2. The van der Waals surface area contributed by atoms with Crippen LogP contribution in [0.4, 0.5) is 8.78 Å². The summed E-state index contributed by atoms with van der Waals surface area (Å²) in [6.45, 7) is -1.19. The lowest BCUT2D eigenvalue weighted by molar-refractivity contribution is -0.0499. The van der Waals surface area contributed by atoms with E-state index >= 15 is 0 Å². The number of halogens is 2. The Morgan fingerprint density at radius 2 is 1.71 bits per heavy atom. The second-order valence-corrected chi connectivity index (χ2v) is 5.09. The number of benzene rings is 2. The minimum absolute atomic E-state index is 0.0226. The fraction of sp³-hybridized carbons (Fsp3) is 0.176. The number of carbonyl (C=O) groups excluding carboxylic acids is 2. The van der Waals surface area contributed by atoms with E-state index in [0.717, 1.165) is 0 Å². The summed E-state index contributed by atoms with van der Waals surface area (Å²) in [6, 6.07) is 11.6. The molecule has 3 N–H and O–H groups in total. The van der Waals surface area contributed by atoms with E-state index in [2.05, 4.69) is 10.1 Å². The van der Waals surface area contributed by atoms with Crippen LogP contribution in [0.3, 0.4) is 0 Å². The van der Waals surface area contributed by atoms with Crippen molar-refractivity contribution >= 4 is 11.8 Å². The fourth-order valence-corrected chi connectivity index (χ4v) is 2.11. The Kier molecular flexibility index (Phi) is 5.47. The molecule has 2 amide bonds. The van der Waals surface area contributed by atoms with Crippen LogP contribution in [0.1, 0.15) is 39.2 Å². The van der Waals surface area contributed by atoms with E-state index in [1.165, 1.54) is 36.4 Å². The average Bonchev–Trinajstić information content (AvgIpc) is 2.54. The molecule has 24 heavy (non-hydrogen) atoms. The molecule has 0 radical (unpaired) electrons. The number of ether oxygens (including phenoxy) is 1. The Morgan fingerprint density at radius 1 is 1.08 bits per heavy atom. The maximum Gasteiger partial charge on any atom is 0.387 e. The highest BCUT2D eigenvalue weighted by Crippen LogP contribution is 2.21. The van der Waals surface area contributed by atoms with Crippen LogP contribution in [0, 0.1) is 0 Å². The van der Waals surface area contributed by atoms with E-state index in [9.17, 15) is 18.4 Å². The Labute approximate surface area is 137 Å². The summed E-state index contributed by atoms with van der Waals surface area (Å²) in [6.07, 6.45) is 0. The predicted octanol–water partition coefficient (Wildman–Crippen LogP) is 2.88. The topological polar surface area (TPSA) is 81.4 Å². The van der Waals surface area contributed by atoms with E-state index in [1.54, 1.807) is 19.1 Å². The molecule has 0 saturated carbocycles. The first kappa shape index (κ1) is 17.4. The molecular weight excluding hydrogens is 318 g/mol. The largest absolute Gasteiger partial charge is 0.435 e. The van der Waals surface area contributed by atoms with Gasteiger partial charge in [-0.1, -0.05) is 12.1 Å². The molecule has 7 heteroatoms. The van der Waals surface area contributed by atoms with Crippen molar-refractivity contribution < 1.29 is 23.1 Å². The fourth-order valence-electron chi connectivity index (χ4n) is 2.11. The van der Waals surface area contributed by atoms with Crippen LogP contribution >= 0.6 is 0 Å². The van der Waals surface area contributed by atoms with Gasteiger partial charge in [-0.2, -0.15) is 8.78 Å². The third-order valence-electron chi connectivity index (χ3n) is 3.36. The van der Waals surface area contributed by atoms with E-state index in [0.29, 0.717) is 16.7 Å². The van der Waals surface area contributed by atoms with Gasteiger partial charge in [0, 0.05) is 11.1 Å². The number of amides is 2. The van der Waals surface area contributed by atoms with E-state index in [-0.39, 0.29) is 11.7 Å². The summed E-state index contributed by atoms with van der Waals surface area (Å²) in [5, 5.41) is 2.74. The van der Waals surface area contributed by atoms with Crippen molar-refractivity contribution in [2.24, 2.45) is 5.73 Å². The number of primary amides is 1. The second kappa shape index (κ2) is 7.54. The quantitative estimate of drug-likeness (QED) is 0.852. The molecule has 126 valence electrons. The predicted molar refractivity (Wildman–Crippen MR) is 83.9 cm³/mol. The molecule has 0 fully saturated rings. The van der Waals surface area contributed by atoms with E-state index < -0.39 is 18.6 Å². The maximum atomic E-state index is 12.2. The third kappa shape index (κ3) is 4.52. The Morgan fingerprint density at radius 3 is 2.29 bits per heavy atom. The third-order valence-corrected chi connectivity index (χ3v) is 3.36. The van der Waals surface area contributed by atoms with Crippen LogP contribution < -0.4 is 15.8 Å². The van der Waals surface area contributed by atoms with Crippen molar-refractivity contribution in [2.45, 2.75) is 19.6 Å². The van der Waals surface area contributed by atoms with Gasteiger partial charge in [0.05, 0.1) is 6.04 Å². The normalized spacial score (nSPS) is 11.8. The number of nitrogens with one attached hydrogen (secondary N) is 1. The minimum atomic E-state index is -2.91. The first-order valence-electron chi connectivity index (χ1n) is 7.12. The van der Waals surface area contributed by atoms with Gasteiger partial charge in [0.1, 0.15) is 5.75 Å². The minimum Gasteiger partial charge on any atom is -0.435 e. The molecule has 0 aliphatic heterocycles. The number of hydrogen-bond acceptors (Lipinski definition) is 3. The second-order valence-electron chi connectivity index (χ2n) is 5.09. The molecular formula is C17H16F2N2O3. The van der Waals surface area contributed by atoms with Gasteiger partial charge in [-0.25, -0.2) is 0 Å². The Hall–Kier alpha value is -2.96. The molecule has 2 aromatic carbocycles. The number of rotatable bonds is 6. The van der Waals surface area contributed by atoms with Crippen molar-refractivity contribution in [3.63, 3.8) is 0 Å². The highest BCUT2D eigenvalue weighted by Gasteiger charge is 2.13. The van der Waals surface area contributed by atoms with Gasteiger partial charge < -0.3 is 15.8 Å². The van der Waals surface area contributed by atoms with Crippen LogP contribution in [0.5, 0.6) is 5.75 Å². The van der Waals surface area contributed by atoms with Crippen LogP contribution in [-0.4, -0.2) is 18.4 Å². The zero-order valence-corrected chi connectivity index (χ0v) is 12.8. The monoisotopic (exact) mass is 334 g/mol. The number of alkyl halides is 2. The van der Waals surface area contributed by atoms with Gasteiger partial charge in [-0.15, -0.1) is 0 Å². The van der Waals surface area contributed by atoms with Gasteiger partial charge in [0.25, 0.3) is 5.91 Å². The summed E-state index contributed by atoms with van der Waals surface area (Å²) in [4.78, 5) is 23.2. The molecule has 0 aliphatic carbocycles. The smallest absolute Gasteiger partial charge is 0.387 e. The molecule has 2 rings (SSSR count). The average molecular weight is 334 g/mol. The van der Waals surface area contributed by atoms with Crippen molar-refractivity contribution in [1.82, 2.24) is 5.32 Å². The van der Waals surface area contributed by atoms with Gasteiger partial charge >= 0.3 is 6.61 Å². The van der Waals surface area contributed by atoms with Crippen LogP contribution in [0.25, 0.3) is 0 Å². The maximum absolute atomic E-state index is 12.2. The summed E-state index contributed by atoms with van der Waals surface area (Å²) in [7, 11) is 0. The Bertz CT molecular complexity index is 733. The molecule has 0 aromatic heterocycles. The molecule has 0 spiro atoms. The van der Waals surface area contributed by atoms with E-state index in [1.807, 2.05) is 0 Å². The summed E-state index contributed by atoms with van der Waals surface area (Å²) in [5.74, 6) is -0.917. The summed E-state index contributed by atoms with van der Waals surface area (Å²) < 4.78 is 28.8. The first-order chi connectivity index (χ1) is 11.4. The summed E-state index contributed by atoms with van der Waals surface area (Å²) in [5.41, 5.74) is 6.42. The molecule has 0 saturated heterocycles.